The fourth-order valence-corrected chi connectivity index (χ4v) is 4.38. The fourth-order valence-electron chi connectivity index (χ4n) is 4.38. The molecule has 0 bridgehead atoms. The van der Waals surface area contributed by atoms with Crippen LogP contribution in [-0.4, -0.2) is 48.7 Å². The van der Waals surface area contributed by atoms with Gasteiger partial charge in [0.15, 0.2) is 0 Å². The molecule has 4 heteroatoms. The molecule has 2 fully saturated rings. The zero-order valence-electron chi connectivity index (χ0n) is 15.3. The molecule has 1 N–H and O–H groups in total. The van der Waals surface area contributed by atoms with Crippen LogP contribution in [0.3, 0.4) is 0 Å². The molecule has 136 valence electrons. The van der Waals surface area contributed by atoms with Crippen molar-refractivity contribution in [3.63, 3.8) is 0 Å². The Balaban J connectivity index is 1.66. The molecule has 24 heavy (non-hydrogen) atoms. The van der Waals surface area contributed by atoms with Gasteiger partial charge in [0.25, 0.3) is 0 Å². The molecule has 0 aromatic rings. The number of hydrogen-bond acceptors (Lipinski definition) is 4. The number of esters is 1. The molecular weight excluding hydrogens is 300 g/mol. The summed E-state index contributed by atoms with van der Waals surface area (Å²) in [7, 11) is 0. The Kier molecular flexibility index (Phi) is 6.34. The Morgan fingerprint density at radius 3 is 2.88 bits per heavy atom. The highest BCUT2D eigenvalue weighted by Crippen LogP contribution is 2.46. The molecule has 0 spiro atoms. The van der Waals surface area contributed by atoms with Crippen molar-refractivity contribution in [2.24, 2.45) is 5.92 Å². The van der Waals surface area contributed by atoms with Crippen LogP contribution in [0.4, 0.5) is 0 Å². The van der Waals surface area contributed by atoms with Crippen LogP contribution in [0, 0.1) is 5.92 Å². The quantitative estimate of drug-likeness (QED) is 0.622. The third kappa shape index (κ3) is 4.20. The lowest BCUT2D eigenvalue weighted by atomic mass is 10.1. The second-order valence-corrected chi connectivity index (χ2v) is 7.70. The molecule has 0 amide bonds. The van der Waals surface area contributed by atoms with Crippen LogP contribution in [0.1, 0.15) is 64.7 Å². The second-order valence-electron chi connectivity index (χ2n) is 7.70. The van der Waals surface area contributed by atoms with Gasteiger partial charge in [-0.25, -0.2) is 0 Å². The van der Waals surface area contributed by atoms with E-state index in [1.54, 1.807) is 0 Å². The predicted molar refractivity (Wildman–Crippen MR) is 96.9 cm³/mol. The van der Waals surface area contributed by atoms with Gasteiger partial charge in [0.05, 0.1) is 6.61 Å². The minimum Gasteiger partial charge on any atom is -0.465 e. The monoisotopic (exact) mass is 334 g/mol. The summed E-state index contributed by atoms with van der Waals surface area (Å²) < 4.78 is 5.38. The number of ether oxygens (including phenoxy) is 1. The Morgan fingerprint density at radius 2 is 2.00 bits per heavy atom. The summed E-state index contributed by atoms with van der Waals surface area (Å²) in [6.07, 6.45) is 15.8. The molecule has 1 saturated carbocycles. The Labute approximate surface area is 147 Å². The minimum atomic E-state index is -0.444. The van der Waals surface area contributed by atoms with Gasteiger partial charge in [-0.15, -0.1) is 0 Å². The number of carbonyl (C=O) groups is 1. The van der Waals surface area contributed by atoms with E-state index in [-0.39, 0.29) is 5.97 Å². The Morgan fingerprint density at radius 1 is 1.21 bits per heavy atom. The van der Waals surface area contributed by atoms with E-state index < -0.39 is 5.54 Å². The van der Waals surface area contributed by atoms with Gasteiger partial charge in [0.2, 0.25) is 0 Å². The van der Waals surface area contributed by atoms with E-state index in [1.165, 1.54) is 58.0 Å². The average molecular weight is 335 g/mol. The number of nitrogens with zero attached hydrogens (tertiary/aromatic N) is 1. The van der Waals surface area contributed by atoms with E-state index in [0.29, 0.717) is 18.6 Å². The molecule has 0 radical (unpaired) electrons. The first-order chi connectivity index (χ1) is 11.8. The molecule has 2 aliphatic heterocycles. The molecule has 3 rings (SSSR count). The van der Waals surface area contributed by atoms with Gasteiger partial charge in [-0.05, 0) is 58.5 Å². The topological polar surface area (TPSA) is 41.6 Å². The number of fused-ring (bicyclic) bond motifs is 2. The smallest absolute Gasteiger partial charge is 0.326 e. The molecule has 1 aliphatic carbocycles. The largest absolute Gasteiger partial charge is 0.465 e. The van der Waals surface area contributed by atoms with Crippen molar-refractivity contribution in [1.29, 1.82) is 0 Å². The zero-order valence-corrected chi connectivity index (χ0v) is 15.3. The van der Waals surface area contributed by atoms with Crippen LogP contribution in [0.25, 0.3) is 0 Å². The first kappa shape index (κ1) is 17.9. The van der Waals surface area contributed by atoms with Gasteiger partial charge in [-0.2, -0.15) is 0 Å². The second kappa shape index (κ2) is 8.48. The summed E-state index contributed by atoms with van der Waals surface area (Å²) in [6.45, 7) is 5.73. The number of nitrogens with one attached hydrogen (secondary N) is 1. The van der Waals surface area contributed by atoms with Gasteiger partial charge in [-0.3, -0.25) is 15.0 Å². The first-order valence-electron chi connectivity index (χ1n) is 10.1. The third-order valence-electron chi connectivity index (χ3n) is 5.99. The summed E-state index contributed by atoms with van der Waals surface area (Å²) in [5, 5.41) is 3.63. The molecule has 2 heterocycles. The summed E-state index contributed by atoms with van der Waals surface area (Å²) in [5.74, 6) is 0.269. The van der Waals surface area contributed by atoms with Crippen LogP contribution in [0.15, 0.2) is 12.2 Å². The third-order valence-corrected chi connectivity index (χ3v) is 5.99. The van der Waals surface area contributed by atoms with Gasteiger partial charge < -0.3 is 4.74 Å². The van der Waals surface area contributed by atoms with Crippen molar-refractivity contribution in [3.05, 3.63) is 12.2 Å². The van der Waals surface area contributed by atoms with E-state index in [2.05, 4.69) is 22.4 Å². The highest BCUT2D eigenvalue weighted by atomic mass is 16.5. The summed E-state index contributed by atoms with van der Waals surface area (Å²) in [6, 6.07) is 0.589. The summed E-state index contributed by atoms with van der Waals surface area (Å²) in [4.78, 5) is 15.2. The number of rotatable bonds is 2. The van der Waals surface area contributed by atoms with E-state index in [9.17, 15) is 4.79 Å². The van der Waals surface area contributed by atoms with Crippen molar-refractivity contribution in [2.45, 2.75) is 76.3 Å². The van der Waals surface area contributed by atoms with E-state index in [1.807, 2.05) is 6.92 Å². The van der Waals surface area contributed by atoms with Gasteiger partial charge in [0.1, 0.15) is 5.54 Å². The standard InChI is InChI=1S/C20H34N2O2/c1-2-24-19(23)20-15-17(20)11-8-6-4-3-5-7-9-13-22-14-10-12-18(22)16-21-20/h8,11,17-18,21H,2-7,9-10,12-16H2,1H3/b11-8-. The summed E-state index contributed by atoms with van der Waals surface area (Å²) >= 11 is 0. The molecule has 0 aromatic carbocycles. The number of allylic oxidation sites excluding steroid dienone is 1. The predicted octanol–water partition coefficient (Wildman–Crippen LogP) is 3.27. The Hall–Kier alpha value is -0.870. The van der Waals surface area contributed by atoms with E-state index in [4.69, 9.17) is 4.74 Å². The molecule has 3 unspecified atom stereocenters. The summed E-state index contributed by atoms with van der Waals surface area (Å²) in [5.41, 5.74) is -0.444. The van der Waals surface area contributed by atoms with Crippen LogP contribution < -0.4 is 5.32 Å². The van der Waals surface area contributed by atoms with Crippen LogP contribution in [0.5, 0.6) is 0 Å². The van der Waals surface area contributed by atoms with Gasteiger partial charge in [-0.1, -0.05) is 31.4 Å². The molecule has 3 atom stereocenters. The Bertz CT molecular complexity index is 451. The first-order valence-corrected chi connectivity index (χ1v) is 10.1. The highest BCUT2D eigenvalue weighted by Gasteiger charge is 2.60. The van der Waals surface area contributed by atoms with E-state index >= 15 is 0 Å². The SMILES string of the molecule is CCOC(=O)C12CC1/C=C\CCCCCCCN1CCCC1CN2. The lowest BCUT2D eigenvalue weighted by Gasteiger charge is -2.27. The molecule has 0 aromatic heterocycles. The van der Waals surface area contributed by atoms with Crippen molar-refractivity contribution >= 4 is 5.97 Å². The van der Waals surface area contributed by atoms with Gasteiger partial charge in [0, 0.05) is 18.5 Å². The normalized spacial score (nSPS) is 36.7. The van der Waals surface area contributed by atoms with Crippen LogP contribution >= 0.6 is 0 Å². The minimum absolute atomic E-state index is 0.0477. The number of hydrogen-bond donors (Lipinski definition) is 1. The van der Waals surface area contributed by atoms with Gasteiger partial charge >= 0.3 is 5.97 Å². The van der Waals surface area contributed by atoms with Crippen molar-refractivity contribution in [2.75, 3.05) is 26.2 Å². The highest BCUT2D eigenvalue weighted by molar-refractivity contribution is 5.85. The lowest BCUT2D eigenvalue weighted by molar-refractivity contribution is -0.147. The molecule has 3 aliphatic rings. The fraction of sp³-hybridized carbons (Fsp3) is 0.850. The van der Waals surface area contributed by atoms with Crippen LogP contribution in [-0.2, 0) is 9.53 Å². The molecule has 4 nitrogen and oxygen atoms in total. The van der Waals surface area contributed by atoms with Crippen molar-refractivity contribution in [1.82, 2.24) is 10.2 Å². The molecule has 1 saturated heterocycles. The zero-order chi connectivity index (χ0) is 16.8. The van der Waals surface area contributed by atoms with Crippen molar-refractivity contribution in [3.8, 4) is 0 Å². The maximum absolute atomic E-state index is 12.5. The van der Waals surface area contributed by atoms with Crippen LogP contribution in [0.2, 0.25) is 0 Å². The maximum Gasteiger partial charge on any atom is 0.326 e. The number of carbonyl (C=O) groups excluding carboxylic acids is 1. The molecular formula is C20H34N2O2. The van der Waals surface area contributed by atoms with Crippen molar-refractivity contribution < 1.29 is 9.53 Å². The lowest BCUT2D eigenvalue weighted by Crippen LogP contribution is -2.48. The van der Waals surface area contributed by atoms with E-state index in [0.717, 1.165) is 19.4 Å². The average Bonchev–Trinajstić information content (AvgIpc) is 3.11. The maximum atomic E-state index is 12.5.